The summed E-state index contributed by atoms with van der Waals surface area (Å²) in [6.45, 7) is 4.35. The molecule has 1 N–H and O–H groups in total. The second kappa shape index (κ2) is 8.43. The number of urea groups is 1. The molecule has 0 radical (unpaired) electrons. The number of piperazine rings is 1. The first kappa shape index (κ1) is 18.5. The third kappa shape index (κ3) is 4.29. The fraction of sp³-hybridized carbons (Fsp3) is 0.600. The summed E-state index contributed by atoms with van der Waals surface area (Å²) in [7, 11) is 1.59. The molecule has 1 aliphatic carbocycles. The Morgan fingerprint density at radius 3 is 2.35 bits per heavy atom. The summed E-state index contributed by atoms with van der Waals surface area (Å²) in [5.41, 5.74) is 1.74. The molecule has 26 heavy (non-hydrogen) atoms. The minimum atomic E-state index is -0.140. The SMILES string of the molecule is COc1ccc(C)cc1NC(=O)N1CCN(C(=O)C2CCCCC2)CC1. The number of carbonyl (C=O) groups is 2. The maximum atomic E-state index is 12.6. The molecule has 0 unspecified atom stereocenters. The zero-order valence-corrected chi connectivity index (χ0v) is 15.8. The number of amides is 3. The van der Waals surface area contributed by atoms with Gasteiger partial charge in [-0.2, -0.15) is 0 Å². The molecule has 3 rings (SSSR count). The van der Waals surface area contributed by atoms with E-state index in [0.717, 1.165) is 31.2 Å². The summed E-state index contributed by atoms with van der Waals surface area (Å²) in [4.78, 5) is 28.9. The summed E-state index contributed by atoms with van der Waals surface area (Å²) in [5, 5.41) is 2.94. The quantitative estimate of drug-likeness (QED) is 0.901. The number of carbonyl (C=O) groups excluding carboxylic acids is 2. The van der Waals surface area contributed by atoms with E-state index in [0.29, 0.717) is 37.6 Å². The minimum Gasteiger partial charge on any atom is -0.495 e. The van der Waals surface area contributed by atoms with Crippen molar-refractivity contribution in [2.24, 2.45) is 5.92 Å². The van der Waals surface area contributed by atoms with E-state index in [4.69, 9.17) is 4.74 Å². The Morgan fingerprint density at radius 2 is 1.69 bits per heavy atom. The number of aryl methyl sites for hydroxylation is 1. The van der Waals surface area contributed by atoms with Crippen molar-refractivity contribution >= 4 is 17.6 Å². The Bertz CT molecular complexity index is 648. The normalized spacial score (nSPS) is 18.5. The van der Waals surface area contributed by atoms with Crippen LogP contribution in [0.2, 0.25) is 0 Å². The summed E-state index contributed by atoms with van der Waals surface area (Å²) < 4.78 is 5.32. The van der Waals surface area contributed by atoms with E-state index in [1.54, 1.807) is 12.0 Å². The number of anilines is 1. The van der Waals surface area contributed by atoms with Crippen molar-refractivity contribution in [2.45, 2.75) is 39.0 Å². The number of ether oxygens (including phenoxy) is 1. The highest BCUT2D eigenvalue weighted by Crippen LogP contribution is 2.27. The Labute approximate surface area is 155 Å². The predicted molar refractivity (Wildman–Crippen MR) is 101 cm³/mol. The highest BCUT2D eigenvalue weighted by atomic mass is 16.5. The van der Waals surface area contributed by atoms with Gasteiger partial charge in [0.1, 0.15) is 5.75 Å². The molecule has 1 saturated heterocycles. The summed E-state index contributed by atoms with van der Waals surface area (Å²) in [5.74, 6) is 1.13. The molecule has 0 aromatic heterocycles. The van der Waals surface area contributed by atoms with Crippen LogP contribution in [-0.4, -0.2) is 55.0 Å². The number of hydrogen-bond donors (Lipinski definition) is 1. The van der Waals surface area contributed by atoms with Crippen LogP contribution in [0, 0.1) is 12.8 Å². The van der Waals surface area contributed by atoms with E-state index in [1.807, 2.05) is 30.0 Å². The molecular formula is C20H29N3O3. The smallest absolute Gasteiger partial charge is 0.322 e. The van der Waals surface area contributed by atoms with E-state index in [2.05, 4.69) is 5.32 Å². The Kier molecular flexibility index (Phi) is 6.01. The van der Waals surface area contributed by atoms with Crippen LogP contribution >= 0.6 is 0 Å². The number of methoxy groups -OCH3 is 1. The van der Waals surface area contributed by atoms with Crippen LogP contribution in [0.3, 0.4) is 0 Å². The van der Waals surface area contributed by atoms with Gasteiger partial charge in [0.15, 0.2) is 0 Å². The van der Waals surface area contributed by atoms with Gasteiger partial charge in [0.25, 0.3) is 0 Å². The lowest BCUT2D eigenvalue weighted by molar-refractivity contribution is -0.138. The molecule has 6 nitrogen and oxygen atoms in total. The van der Waals surface area contributed by atoms with E-state index in [9.17, 15) is 9.59 Å². The largest absolute Gasteiger partial charge is 0.495 e. The van der Waals surface area contributed by atoms with Crippen LogP contribution in [-0.2, 0) is 4.79 Å². The zero-order chi connectivity index (χ0) is 18.5. The molecule has 1 heterocycles. The van der Waals surface area contributed by atoms with Crippen molar-refractivity contribution in [1.82, 2.24) is 9.80 Å². The van der Waals surface area contributed by atoms with Crippen LogP contribution in [0.1, 0.15) is 37.7 Å². The van der Waals surface area contributed by atoms with Crippen molar-refractivity contribution in [2.75, 3.05) is 38.6 Å². The van der Waals surface area contributed by atoms with E-state index in [1.165, 1.54) is 6.42 Å². The molecule has 6 heteroatoms. The van der Waals surface area contributed by atoms with Crippen LogP contribution < -0.4 is 10.1 Å². The molecule has 2 fully saturated rings. The van der Waals surface area contributed by atoms with Crippen molar-refractivity contribution in [1.29, 1.82) is 0 Å². The van der Waals surface area contributed by atoms with Crippen molar-refractivity contribution in [3.63, 3.8) is 0 Å². The van der Waals surface area contributed by atoms with Gasteiger partial charge in [-0.1, -0.05) is 25.3 Å². The molecule has 0 bridgehead atoms. The van der Waals surface area contributed by atoms with Gasteiger partial charge >= 0.3 is 6.03 Å². The van der Waals surface area contributed by atoms with E-state index in [-0.39, 0.29) is 17.9 Å². The lowest BCUT2D eigenvalue weighted by Gasteiger charge is -2.37. The number of hydrogen-bond acceptors (Lipinski definition) is 3. The maximum absolute atomic E-state index is 12.6. The summed E-state index contributed by atoms with van der Waals surface area (Å²) in [6.07, 6.45) is 5.62. The molecule has 1 aromatic carbocycles. The Balaban J connectivity index is 1.53. The molecule has 2 aliphatic rings. The third-order valence-electron chi connectivity index (χ3n) is 5.43. The third-order valence-corrected chi connectivity index (χ3v) is 5.43. The van der Waals surface area contributed by atoms with Crippen LogP contribution in [0.4, 0.5) is 10.5 Å². The standard InChI is InChI=1S/C20H29N3O3/c1-15-8-9-18(26-2)17(14-15)21-20(25)23-12-10-22(11-13-23)19(24)16-6-4-3-5-7-16/h8-9,14,16H,3-7,10-13H2,1-2H3,(H,21,25). The first-order valence-electron chi connectivity index (χ1n) is 9.58. The highest BCUT2D eigenvalue weighted by Gasteiger charge is 2.29. The monoisotopic (exact) mass is 359 g/mol. The molecule has 1 saturated carbocycles. The van der Waals surface area contributed by atoms with Crippen LogP contribution in [0.5, 0.6) is 5.75 Å². The fourth-order valence-corrected chi connectivity index (χ4v) is 3.85. The molecule has 142 valence electrons. The number of rotatable bonds is 3. The van der Waals surface area contributed by atoms with Gasteiger partial charge in [0, 0.05) is 32.1 Å². The second-order valence-corrected chi connectivity index (χ2v) is 7.28. The molecule has 3 amide bonds. The molecule has 0 spiro atoms. The van der Waals surface area contributed by atoms with Gasteiger partial charge in [-0.05, 0) is 37.5 Å². The molecule has 0 atom stereocenters. The minimum absolute atomic E-state index is 0.140. The zero-order valence-electron chi connectivity index (χ0n) is 15.8. The first-order valence-corrected chi connectivity index (χ1v) is 9.58. The average molecular weight is 359 g/mol. The van der Waals surface area contributed by atoms with E-state index >= 15 is 0 Å². The maximum Gasteiger partial charge on any atom is 0.322 e. The van der Waals surface area contributed by atoms with Gasteiger partial charge < -0.3 is 19.9 Å². The fourth-order valence-electron chi connectivity index (χ4n) is 3.85. The van der Waals surface area contributed by atoms with Crippen molar-refractivity contribution in [3.05, 3.63) is 23.8 Å². The predicted octanol–water partition coefficient (Wildman–Crippen LogP) is 3.26. The van der Waals surface area contributed by atoms with Gasteiger partial charge in [-0.15, -0.1) is 0 Å². The number of benzene rings is 1. The van der Waals surface area contributed by atoms with Gasteiger partial charge in [0.2, 0.25) is 5.91 Å². The van der Waals surface area contributed by atoms with Crippen molar-refractivity contribution < 1.29 is 14.3 Å². The van der Waals surface area contributed by atoms with Gasteiger partial charge in [0.05, 0.1) is 12.8 Å². The van der Waals surface area contributed by atoms with Crippen molar-refractivity contribution in [3.8, 4) is 5.75 Å². The highest BCUT2D eigenvalue weighted by molar-refractivity contribution is 5.91. The summed E-state index contributed by atoms with van der Waals surface area (Å²) in [6, 6.07) is 5.56. The molecular weight excluding hydrogens is 330 g/mol. The Hall–Kier alpha value is -2.24. The topological polar surface area (TPSA) is 61.9 Å². The number of nitrogens with zero attached hydrogens (tertiary/aromatic N) is 2. The van der Waals surface area contributed by atoms with Gasteiger partial charge in [-0.3, -0.25) is 4.79 Å². The van der Waals surface area contributed by atoms with Gasteiger partial charge in [-0.25, -0.2) is 4.79 Å². The molecule has 1 aromatic rings. The molecule has 1 aliphatic heterocycles. The first-order chi connectivity index (χ1) is 12.6. The second-order valence-electron chi connectivity index (χ2n) is 7.28. The lowest BCUT2D eigenvalue weighted by atomic mass is 9.88. The lowest BCUT2D eigenvalue weighted by Crippen LogP contribution is -2.53. The number of nitrogens with one attached hydrogen (secondary N) is 1. The summed E-state index contributed by atoms with van der Waals surface area (Å²) >= 11 is 0. The van der Waals surface area contributed by atoms with E-state index < -0.39 is 0 Å². The average Bonchev–Trinajstić information content (AvgIpc) is 2.68. The Morgan fingerprint density at radius 1 is 1.04 bits per heavy atom. The van der Waals surface area contributed by atoms with Crippen LogP contribution in [0.25, 0.3) is 0 Å². The van der Waals surface area contributed by atoms with Crippen LogP contribution in [0.15, 0.2) is 18.2 Å².